The molecule has 0 bridgehead atoms. The summed E-state index contributed by atoms with van der Waals surface area (Å²) in [6, 6.07) is 9.38. The van der Waals surface area contributed by atoms with Gasteiger partial charge in [-0.05, 0) is 12.0 Å². The lowest BCUT2D eigenvalue weighted by Crippen LogP contribution is -2.28. The first-order chi connectivity index (χ1) is 9.74. The molecule has 120 valence electrons. The van der Waals surface area contributed by atoms with Crippen molar-refractivity contribution in [3.05, 3.63) is 35.9 Å². The van der Waals surface area contributed by atoms with E-state index >= 15 is 0 Å². The number of methoxy groups -OCH3 is 1. The topological polar surface area (TPSA) is 73.6 Å². The fourth-order valence-electron chi connectivity index (χ4n) is 1.74. The van der Waals surface area contributed by atoms with Crippen LogP contribution in [0.25, 0.3) is 0 Å². The number of hydrogen-bond acceptors (Lipinski definition) is 4. The van der Waals surface area contributed by atoms with Crippen molar-refractivity contribution < 1.29 is 14.3 Å². The van der Waals surface area contributed by atoms with E-state index in [0.29, 0.717) is 32.8 Å². The third-order valence-corrected chi connectivity index (χ3v) is 2.85. The van der Waals surface area contributed by atoms with Crippen LogP contribution in [0.4, 0.5) is 0 Å². The molecule has 1 amide bonds. The number of nitrogens with two attached hydrogens (primary N) is 1. The average Bonchev–Trinajstić information content (AvgIpc) is 2.47. The van der Waals surface area contributed by atoms with E-state index < -0.39 is 0 Å². The lowest BCUT2D eigenvalue weighted by molar-refractivity contribution is -0.121. The Labute approximate surface area is 132 Å². The Hall–Kier alpha value is -1.14. The minimum Gasteiger partial charge on any atom is -0.382 e. The molecule has 0 fully saturated rings. The number of hydrogen-bond donors (Lipinski definition) is 2. The summed E-state index contributed by atoms with van der Waals surface area (Å²) in [4.78, 5) is 11.7. The summed E-state index contributed by atoms with van der Waals surface area (Å²) in [5.41, 5.74) is 6.96. The summed E-state index contributed by atoms with van der Waals surface area (Å²) in [6.45, 7) is 2.41. The Bertz CT molecular complexity index is 376. The summed E-state index contributed by atoms with van der Waals surface area (Å²) in [5.74, 6) is -0.0294. The third kappa shape index (κ3) is 9.42. The molecule has 3 N–H and O–H groups in total. The number of carbonyl (C=O) groups is 1. The summed E-state index contributed by atoms with van der Waals surface area (Å²) in [6.07, 6.45) is 1.09. The van der Waals surface area contributed by atoms with Crippen LogP contribution in [-0.2, 0) is 14.3 Å². The molecular weight excluding hydrogens is 292 g/mol. The molecular formula is C15H25ClN2O3. The highest BCUT2D eigenvalue weighted by atomic mass is 35.5. The second kappa shape index (κ2) is 12.6. The fourth-order valence-corrected chi connectivity index (χ4v) is 1.74. The van der Waals surface area contributed by atoms with Crippen molar-refractivity contribution in [2.24, 2.45) is 5.73 Å². The minimum atomic E-state index is -0.255. The summed E-state index contributed by atoms with van der Waals surface area (Å²) in [5, 5.41) is 2.84. The molecule has 0 aromatic heterocycles. The number of carbonyl (C=O) groups excluding carboxylic acids is 1. The molecule has 0 aliphatic rings. The maximum atomic E-state index is 11.7. The molecule has 1 aromatic carbocycles. The molecule has 1 atom stereocenters. The molecule has 0 aliphatic heterocycles. The van der Waals surface area contributed by atoms with Crippen LogP contribution in [0, 0.1) is 0 Å². The smallest absolute Gasteiger partial charge is 0.221 e. The molecule has 0 saturated heterocycles. The van der Waals surface area contributed by atoms with Crippen LogP contribution in [0.5, 0.6) is 0 Å². The van der Waals surface area contributed by atoms with Crippen molar-refractivity contribution >= 4 is 18.3 Å². The quantitative estimate of drug-likeness (QED) is 0.644. The standard InChI is InChI=1S/C15H24N2O3.ClH/c1-19-10-11-20-9-5-8-17-15(18)12-14(16)13-6-3-2-4-7-13;/h2-4,6-7,14H,5,8-12,16H2,1H3,(H,17,18);1H. The summed E-state index contributed by atoms with van der Waals surface area (Å²) >= 11 is 0. The number of ether oxygens (including phenoxy) is 2. The maximum Gasteiger partial charge on any atom is 0.221 e. The SMILES string of the molecule is COCCOCCCNC(=O)CC(N)c1ccccc1.Cl. The fraction of sp³-hybridized carbons (Fsp3) is 0.533. The van der Waals surface area contributed by atoms with Crippen LogP contribution in [0.1, 0.15) is 24.4 Å². The van der Waals surface area contributed by atoms with Crippen LogP contribution >= 0.6 is 12.4 Å². The molecule has 21 heavy (non-hydrogen) atoms. The van der Waals surface area contributed by atoms with Crippen LogP contribution in [0.15, 0.2) is 30.3 Å². The van der Waals surface area contributed by atoms with Gasteiger partial charge < -0.3 is 20.5 Å². The largest absolute Gasteiger partial charge is 0.382 e. The first-order valence-corrected chi connectivity index (χ1v) is 6.88. The first-order valence-electron chi connectivity index (χ1n) is 6.88. The predicted octanol–water partition coefficient (Wildman–Crippen LogP) is 1.67. The van der Waals surface area contributed by atoms with E-state index in [1.807, 2.05) is 30.3 Å². The summed E-state index contributed by atoms with van der Waals surface area (Å²) < 4.78 is 10.2. The van der Waals surface area contributed by atoms with Gasteiger partial charge in [0, 0.05) is 32.7 Å². The molecule has 1 aromatic rings. The lowest BCUT2D eigenvalue weighted by atomic mass is 10.0. The van der Waals surface area contributed by atoms with Gasteiger partial charge in [0.2, 0.25) is 5.91 Å². The van der Waals surface area contributed by atoms with Gasteiger partial charge in [-0.25, -0.2) is 0 Å². The molecule has 0 radical (unpaired) electrons. The molecule has 1 unspecified atom stereocenters. The van der Waals surface area contributed by atoms with Crippen molar-refractivity contribution in [1.82, 2.24) is 5.32 Å². The van der Waals surface area contributed by atoms with Gasteiger partial charge in [0.15, 0.2) is 0 Å². The molecule has 0 aliphatic carbocycles. The van der Waals surface area contributed by atoms with Gasteiger partial charge in [-0.1, -0.05) is 30.3 Å². The lowest BCUT2D eigenvalue weighted by Gasteiger charge is -2.12. The maximum absolute atomic E-state index is 11.7. The van der Waals surface area contributed by atoms with Crippen molar-refractivity contribution in [1.29, 1.82) is 0 Å². The van der Waals surface area contributed by atoms with Crippen molar-refractivity contribution in [3.8, 4) is 0 Å². The monoisotopic (exact) mass is 316 g/mol. The Morgan fingerprint density at radius 1 is 1.24 bits per heavy atom. The van der Waals surface area contributed by atoms with Crippen molar-refractivity contribution in [2.75, 3.05) is 33.5 Å². The van der Waals surface area contributed by atoms with Gasteiger partial charge in [-0.3, -0.25) is 4.79 Å². The Morgan fingerprint density at radius 2 is 1.95 bits per heavy atom. The van der Waals surface area contributed by atoms with E-state index in [0.717, 1.165) is 12.0 Å². The number of benzene rings is 1. The highest BCUT2D eigenvalue weighted by Crippen LogP contribution is 2.12. The normalized spacial score (nSPS) is 11.5. The van der Waals surface area contributed by atoms with Crippen LogP contribution in [0.2, 0.25) is 0 Å². The number of amides is 1. The van der Waals surface area contributed by atoms with E-state index in [1.165, 1.54) is 0 Å². The molecule has 5 nitrogen and oxygen atoms in total. The molecule has 0 saturated carbocycles. The zero-order valence-electron chi connectivity index (χ0n) is 12.4. The van der Waals surface area contributed by atoms with Crippen molar-refractivity contribution in [3.63, 3.8) is 0 Å². The zero-order chi connectivity index (χ0) is 14.6. The van der Waals surface area contributed by atoms with Crippen molar-refractivity contribution in [2.45, 2.75) is 18.9 Å². The molecule has 6 heteroatoms. The second-order valence-electron chi connectivity index (χ2n) is 4.53. The van der Waals surface area contributed by atoms with Crippen LogP contribution in [0.3, 0.4) is 0 Å². The van der Waals surface area contributed by atoms with Gasteiger partial charge in [-0.2, -0.15) is 0 Å². The highest BCUT2D eigenvalue weighted by Gasteiger charge is 2.10. The number of rotatable bonds is 10. The van der Waals surface area contributed by atoms with Crippen LogP contribution < -0.4 is 11.1 Å². The minimum absolute atomic E-state index is 0. The molecule has 0 spiro atoms. The Kier molecular flexibility index (Phi) is 11.9. The van der Waals surface area contributed by atoms with Gasteiger partial charge in [0.25, 0.3) is 0 Å². The van der Waals surface area contributed by atoms with Gasteiger partial charge >= 0.3 is 0 Å². The molecule has 1 rings (SSSR count). The predicted molar refractivity (Wildman–Crippen MR) is 85.6 cm³/mol. The number of nitrogens with one attached hydrogen (secondary N) is 1. The van der Waals surface area contributed by atoms with E-state index in [4.69, 9.17) is 15.2 Å². The first kappa shape index (κ1) is 19.9. The highest BCUT2D eigenvalue weighted by molar-refractivity contribution is 5.85. The van der Waals surface area contributed by atoms with Crippen LogP contribution in [-0.4, -0.2) is 39.4 Å². The average molecular weight is 317 g/mol. The van der Waals surface area contributed by atoms with E-state index in [-0.39, 0.29) is 24.4 Å². The zero-order valence-corrected chi connectivity index (χ0v) is 13.2. The number of halogens is 1. The third-order valence-electron chi connectivity index (χ3n) is 2.85. The van der Waals surface area contributed by atoms with E-state index in [2.05, 4.69) is 5.32 Å². The summed E-state index contributed by atoms with van der Waals surface area (Å²) in [7, 11) is 1.64. The van der Waals surface area contributed by atoms with E-state index in [1.54, 1.807) is 7.11 Å². The van der Waals surface area contributed by atoms with Gasteiger partial charge in [-0.15, -0.1) is 12.4 Å². The van der Waals surface area contributed by atoms with Gasteiger partial charge in [0.05, 0.1) is 13.2 Å². The van der Waals surface area contributed by atoms with Gasteiger partial charge in [0.1, 0.15) is 0 Å². The van der Waals surface area contributed by atoms with E-state index in [9.17, 15) is 4.79 Å². The molecule has 0 heterocycles. The second-order valence-corrected chi connectivity index (χ2v) is 4.53. The Morgan fingerprint density at radius 3 is 2.62 bits per heavy atom. The Balaban J connectivity index is 0.00000400.